The average Bonchev–Trinajstić information content (AvgIpc) is 2.84. The van der Waals surface area contributed by atoms with Crippen molar-refractivity contribution in [2.75, 3.05) is 0 Å². The Morgan fingerprint density at radius 3 is 2.52 bits per heavy atom. The summed E-state index contributed by atoms with van der Waals surface area (Å²) >= 11 is 0. The van der Waals surface area contributed by atoms with Gasteiger partial charge >= 0.3 is 6.18 Å². The van der Waals surface area contributed by atoms with Gasteiger partial charge in [-0.2, -0.15) is 18.4 Å². The molecule has 3 nitrogen and oxygen atoms in total. The summed E-state index contributed by atoms with van der Waals surface area (Å²) in [4.78, 5) is 3.36. The fourth-order valence-electron chi connectivity index (χ4n) is 2.53. The molecule has 0 saturated carbocycles. The van der Waals surface area contributed by atoms with Crippen molar-refractivity contribution in [2.24, 2.45) is 0 Å². The molecule has 2 heterocycles. The molecule has 0 amide bonds. The van der Waals surface area contributed by atoms with Crippen LogP contribution in [0.5, 0.6) is 0 Å². The predicted octanol–water partition coefficient (Wildman–Crippen LogP) is 4.79. The summed E-state index contributed by atoms with van der Waals surface area (Å²) in [6.07, 6.45) is -2.64. The Labute approximate surface area is 132 Å². The maximum absolute atomic E-state index is 13.3. The first kappa shape index (κ1) is 15.6. The molecule has 1 aromatic heterocycles. The Kier molecular flexibility index (Phi) is 3.66. The van der Waals surface area contributed by atoms with Crippen LogP contribution in [-0.4, -0.2) is 9.54 Å². The Bertz CT molecular complexity index is 828. The first-order chi connectivity index (χ1) is 10.8. The number of alkyl halides is 3. The topological polar surface area (TPSA) is 56.9 Å². The van der Waals surface area contributed by atoms with Gasteiger partial charge < -0.3 is 4.55 Å². The van der Waals surface area contributed by atoms with Crippen LogP contribution in [0, 0.1) is 11.3 Å². The lowest BCUT2D eigenvalue weighted by Gasteiger charge is -2.31. The van der Waals surface area contributed by atoms with E-state index in [2.05, 4.69) is 4.98 Å². The molecular formula is C16H11F3N2OS. The predicted molar refractivity (Wildman–Crippen MR) is 81.6 cm³/mol. The van der Waals surface area contributed by atoms with Gasteiger partial charge in [-0.3, -0.25) is 0 Å². The number of benzene rings is 1. The van der Waals surface area contributed by atoms with Crippen LogP contribution in [0.2, 0.25) is 0 Å². The van der Waals surface area contributed by atoms with Crippen LogP contribution in [0.25, 0.3) is 6.08 Å². The van der Waals surface area contributed by atoms with Crippen molar-refractivity contribution in [3.63, 3.8) is 0 Å². The van der Waals surface area contributed by atoms with Crippen LogP contribution >= 0.6 is 10.3 Å². The van der Waals surface area contributed by atoms with Gasteiger partial charge in [0.15, 0.2) is 0 Å². The maximum Gasteiger partial charge on any atom is 0.419 e. The van der Waals surface area contributed by atoms with Crippen LogP contribution in [0.3, 0.4) is 0 Å². The second-order valence-electron chi connectivity index (χ2n) is 5.06. The minimum atomic E-state index is -4.64. The van der Waals surface area contributed by atoms with E-state index in [1.807, 2.05) is 0 Å². The summed E-state index contributed by atoms with van der Waals surface area (Å²) in [5.41, 5.74) is -0.299. The number of pyridine rings is 1. The SMILES string of the molecule is N#Cc1ncc(C(F)(F)F)c2c1C=CS2(O)Cc1ccccc1. The molecule has 0 bridgehead atoms. The van der Waals surface area contributed by atoms with Crippen molar-refractivity contribution in [2.45, 2.75) is 16.8 Å². The molecule has 1 aliphatic rings. The second-order valence-corrected chi connectivity index (χ2v) is 7.54. The molecule has 1 unspecified atom stereocenters. The summed E-state index contributed by atoms with van der Waals surface area (Å²) in [5, 5.41) is 10.4. The monoisotopic (exact) mass is 336 g/mol. The van der Waals surface area contributed by atoms with Crippen molar-refractivity contribution in [1.82, 2.24) is 4.98 Å². The van der Waals surface area contributed by atoms with Crippen LogP contribution < -0.4 is 0 Å². The fourth-order valence-corrected chi connectivity index (χ4v) is 5.07. The molecule has 0 saturated heterocycles. The quantitative estimate of drug-likeness (QED) is 0.857. The van der Waals surface area contributed by atoms with Gasteiger partial charge in [-0.1, -0.05) is 40.6 Å². The molecule has 23 heavy (non-hydrogen) atoms. The third kappa shape index (κ3) is 2.71. The van der Waals surface area contributed by atoms with Crippen molar-refractivity contribution < 1.29 is 17.7 Å². The Morgan fingerprint density at radius 1 is 1.22 bits per heavy atom. The molecule has 0 fully saturated rings. The van der Waals surface area contributed by atoms with E-state index in [0.29, 0.717) is 6.20 Å². The smallest absolute Gasteiger partial charge is 0.343 e. The largest absolute Gasteiger partial charge is 0.419 e. The molecule has 0 radical (unpaired) electrons. The zero-order chi connectivity index (χ0) is 16.7. The highest BCUT2D eigenvalue weighted by Gasteiger charge is 2.42. The molecule has 7 heteroatoms. The molecular weight excluding hydrogens is 325 g/mol. The first-order valence-electron chi connectivity index (χ1n) is 6.61. The van der Waals surface area contributed by atoms with Crippen molar-refractivity contribution >= 4 is 16.4 Å². The van der Waals surface area contributed by atoms with E-state index in [0.717, 1.165) is 5.56 Å². The molecule has 1 aromatic carbocycles. The van der Waals surface area contributed by atoms with E-state index in [1.54, 1.807) is 36.4 Å². The van der Waals surface area contributed by atoms with E-state index in [4.69, 9.17) is 5.26 Å². The molecule has 2 aromatic rings. The van der Waals surface area contributed by atoms with Gasteiger partial charge in [-0.15, -0.1) is 0 Å². The maximum atomic E-state index is 13.3. The van der Waals surface area contributed by atoms with E-state index < -0.39 is 22.0 Å². The lowest BCUT2D eigenvalue weighted by molar-refractivity contribution is -0.140. The van der Waals surface area contributed by atoms with Crippen molar-refractivity contribution in [1.29, 1.82) is 5.26 Å². The number of nitriles is 1. The van der Waals surface area contributed by atoms with Gasteiger partial charge in [0.25, 0.3) is 0 Å². The lowest BCUT2D eigenvalue weighted by atomic mass is 10.1. The zero-order valence-corrected chi connectivity index (χ0v) is 12.5. The van der Waals surface area contributed by atoms with Crippen LogP contribution in [0.1, 0.15) is 22.4 Å². The Morgan fingerprint density at radius 2 is 1.91 bits per heavy atom. The Hall–Kier alpha value is -2.30. The minimum Gasteiger partial charge on any atom is -0.343 e. The minimum absolute atomic E-state index is 0.0648. The molecule has 3 rings (SSSR count). The van der Waals surface area contributed by atoms with E-state index >= 15 is 0 Å². The Balaban J connectivity index is 2.17. The highest BCUT2D eigenvalue weighted by molar-refractivity contribution is 8.31. The van der Waals surface area contributed by atoms with Crippen molar-refractivity contribution in [3.05, 3.63) is 64.3 Å². The number of halogens is 3. The average molecular weight is 336 g/mol. The first-order valence-corrected chi connectivity index (χ1v) is 8.43. The fraction of sp³-hybridized carbons (Fsp3) is 0.125. The van der Waals surface area contributed by atoms with Crippen LogP contribution in [0.4, 0.5) is 13.2 Å². The number of hydrogen-bond acceptors (Lipinski definition) is 3. The van der Waals surface area contributed by atoms with Gasteiger partial charge in [0.1, 0.15) is 11.8 Å². The number of fused-ring (bicyclic) bond motifs is 1. The van der Waals surface area contributed by atoms with Gasteiger partial charge in [0.2, 0.25) is 0 Å². The molecule has 0 aliphatic carbocycles. The molecule has 0 spiro atoms. The van der Waals surface area contributed by atoms with Gasteiger partial charge in [0.05, 0.1) is 5.56 Å². The summed E-state index contributed by atoms with van der Waals surface area (Å²) in [6, 6.07) is 10.6. The molecule has 1 atom stereocenters. The molecule has 1 N–H and O–H groups in total. The number of rotatable bonds is 2. The van der Waals surface area contributed by atoms with Crippen molar-refractivity contribution in [3.8, 4) is 6.07 Å². The summed E-state index contributed by atoms with van der Waals surface area (Å²) < 4.78 is 50.9. The summed E-state index contributed by atoms with van der Waals surface area (Å²) in [7, 11) is -2.85. The van der Waals surface area contributed by atoms with Gasteiger partial charge in [0, 0.05) is 22.4 Å². The number of hydrogen-bond donors (Lipinski definition) is 1. The molecule has 1 aliphatic heterocycles. The van der Waals surface area contributed by atoms with Gasteiger partial charge in [-0.05, 0) is 17.0 Å². The third-order valence-electron chi connectivity index (χ3n) is 3.52. The van der Waals surface area contributed by atoms with Crippen LogP contribution in [0.15, 0.2) is 46.8 Å². The second kappa shape index (κ2) is 5.41. The van der Waals surface area contributed by atoms with E-state index in [9.17, 15) is 17.7 Å². The normalized spacial score (nSPS) is 22.2. The van der Waals surface area contributed by atoms with E-state index in [1.165, 1.54) is 11.5 Å². The van der Waals surface area contributed by atoms with Gasteiger partial charge in [-0.25, -0.2) is 4.98 Å². The van der Waals surface area contributed by atoms with E-state index in [-0.39, 0.29) is 21.9 Å². The lowest BCUT2D eigenvalue weighted by Crippen LogP contribution is -2.13. The standard InChI is InChI=1S/C16H11F3N2OS/c17-16(18,19)13-9-21-14(8-20)12-6-7-23(22,15(12)13)10-11-4-2-1-3-5-11/h1-7,9,22H,10H2. The van der Waals surface area contributed by atoms with Crippen LogP contribution in [-0.2, 0) is 11.9 Å². The summed E-state index contributed by atoms with van der Waals surface area (Å²) in [6.45, 7) is 0. The number of nitrogens with zero attached hydrogens (tertiary/aromatic N) is 2. The summed E-state index contributed by atoms with van der Waals surface area (Å²) in [5.74, 6) is 0.0648. The molecule has 118 valence electrons. The highest BCUT2D eigenvalue weighted by Crippen LogP contribution is 2.64. The third-order valence-corrected chi connectivity index (χ3v) is 6.03. The highest BCUT2D eigenvalue weighted by atomic mass is 32.3. The number of aromatic nitrogens is 1. The zero-order valence-electron chi connectivity index (χ0n) is 11.7.